The second-order valence-corrected chi connectivity index (χ2v) is 9.59. The van der Waals surface area contributed by atoms with Crippen molar-refractivity contribution in [1.82, 2.24) is 14.5 Å². The number of hydrogen-bond donors (Lipinski definition) is 2. The summed E-state index contributed by atoms with van der Waals surface area (Å²) in [6, 6.07) is 19.0. The molecule has 4 rings (SSSR count). The van der Waals surface area contributed by atoms with E-state index in [1.807, 2.05) is 37.4 Å². The second kappa shape index (κ2) is 11.7. The molecule has 0 saturated heterocycles. The predicted octanol–water partition coefficient (Wildman–Crippen LogP) is 4.93. The van der Waals surface area contributed by atoms with Crippen molar-refractivity contribution in [3.05, 3.63) is 116 Å². The van der Waals surface area contributed by atoms with Crippen LogP contribution in [0.1, 0.15) is 21.5 Å². The molecule has 4 aromatic rings. The van der Waals surface area contributed by atoms with Crippen molar-refractivity contribution in [2.75, 3.05) is 6.26 Å². The zero-order valence-electron chi connectivity index (χ0n) is 21.3. The molecule has 0 aliphatic carbocycles. The number of benzene rings is 3. The first-order valence-corrected chi connectivity index (χ1v) is 13.0. The molecular formula is C28H23F3N4O4S. The Morgan fingerprint density at radius 3 is 2.15 bits per heavy atom. The average molecular weight is 569 g/mol. The number of alkyl halides is 3. The molecule has 1 amide bonds. The van der Waals surface area contributed by atoms with Crippen LogP contribution in [0.2, 0.25) is 0 Å². The number of aromatic nitrogens is 2. The summed E-state index contributed by atoms with van der Waals surface area (Å²) in [6.07, 6.45) is -2.66. The Hall–Kier alpha value is -4.58. The molecule has 0 radical (unpaired) electrons. The van der Waals surface area contributed by atoms with Crippen molar-refractivity contribution < 1.29 is 23.2 Å². The van der Waals surface area contributed by atoms with E-state index in [0.29, 0.717) is 16.9 Å². The molecule has 0 bridgehead atoms. The van der Waals surface area contributed by atoms with Crippen molar-refractivity contribution in [2.45, 2.75) is 24.5 Å². The lowest BCUT2D eigenvalue weighted by molar-refractivity contribution is -0.137. The normalized spacial score (nSPS) is 11.9. The number of nitrogens with zero attached hydrogens (tertiary/aromatic N) is 3. The lowest BCUT2D eigenvalue weighted by atomic mass is 10.1. The minimum atomic E-state index is -4.58. The number of halogens is 3. The molecule has 2 N–H and O–H groups in total. The highest BCUT2D eigenvalue weighted by Gasteiger charge is 2.30. The Morgan fingerprint density at radius 2 is 1.60 bits per heavy atom. The molecule has 3 aromatic carbocycles. The van der Waals surface area contributed by atoms with Crippen molar-refractivity contribution >= 4 is 23.5 Å². The van der Waals surface area contributed by atoms with Gasteiger partial charge in [0.2, 0.25) is 0 Å². The first kappa shape index (κ1) is 28.4. The van der Waals surface area contributed by atoms with Gasteiger partial charge in [-0.1, -0.05) is 35.0 Å². The van der Waals surface area contributed by atoms with E-state index in [4.69, 9.17) is 0 Å². The summed E-state index contributed by atoms with van der Waals surface area (Å²) in [5.41, 5.74) is -0.153. The van der Waals surface area contributed by atoms with Crippen LogP contribution in [0, 0.1) is 6.92 Å². The van der Waals surface area contributed by atoms with Crippen molar-refractivity contribution in [1.29, 1.82) is 0 Å². The van der Waals surface area contributed by atoms with Crippen LogP contribution >= 0.6 is 11.8 Å². The highest BCUT2D eigenvalue weighted by atomic mass is 32.2. The van der Waals surface area contributed by atoms with Crippen LogP contribution in [-0.4, -0.2) is 32.3 Å². The van der Waals surface area contributed by atoms with Crippen LogP contribution in [-0.2, 0) is 12.7 Å². The molecule has 40 heavy (non-hydrogen) atoms. The van der Waals surface area contributed by atoms with Gasteiger partial charge in [0, 0.05) is 16.5 Å². The molecule has 0 aliphatic rings. The SMILES string of the molecule is CSc1ccc(-n2c(-c3ccc(C)cc3)cc(=O)n(C/C(=N/O)NC(=O)c3ccc(C(F)(F)F)cc3)c2=O)cc1. The van der Waals surface area contributed by atoms with Gasteiger partial charge in [0.15, 0.2) is 5.84 Å². The summed E-state index contributed by atoms with van der Waals surface area (Å²) in [6.45, 7) is 1.29. The van der Waals surface area contributed by atoms with Crippen LogP contribution in [0.4, 0.5) is 13.2 Å². The maximum atomic E-state index is 13.7. The fourth-order valence-corrected chi connectivity index (χ4v) is 4.31. The zero-order valence-corrected chi connectivity index (χ0v) is 22.1. The number of carbonyl (C=O) groups is 1. The molecule has 8 nitrogen and oxygen atoms in total. The Bertz CT molecular complexity index is 1680. The summed E-state index contributed by atoms with van der Waals surface area (Å²) >= 11 is 1.52. The summed E-state index contributed by atoms with van der Waals surface area (Å²) in [4.78, 5) is 40.4. The van der Waals surface area contributed by atoms with Gasteiger partial charge in [0.05, 0.1) is 23.5 Å². The van der Waals surface area contributed by atoms with Gasteiger partial charge in [0.25, 0.3) is 11.5 Å². The van der Waals surface area contributed by atoms with Gasteiger partial charge in [-0.25, -0.2) is 4.79 Å². The molecule has 0 saturated carbocycles. The number of amidine groups is 1. The van der Waals surface area contributed by atoms with Gasteiger partial charge >= 0.3 is 11.9 Å². The summed E-state index contributed by atoms with van der Waals surface area (Å²) in [5, 5.41) is 14.8. The lowest BCUT2D eigenvalue weighted by Crippen LogP contribution is -2.44. The van der Waals surface area contributed by atoms with Crippen molar-refractivity contribution in [3.63, 3.8) is 0 Å². The number of thioether (sulfide) groups is 1. The Balaban J connectivity index is 1.72. The Morgan fingerprint density at radius 1 is 0.975 bits per heavy atom. The van der Waals surface area contributed by atoms with Crippen molar-refractivity contribution in [2.24, 2.45) is 5.16 Å². The Labute approximate surface area is 230 Å². The van der Waals surface area contributed by atoms with Crippen LogP contribution in [0.5, 0.6) is 0 Å². The minimum absolute atomic E-state index is 0.150. The molecule has 0 unspecified atom stereocenters. The van der Waals surface area contributed by atoms with E-state index >= 15 is 0 Å². The van der Waals surface area contributed by atoms with E-state index in [1.54, 1.807) is 24.3 Å². The van der Waals surface area contributed by atoms with E-state index in [9.17, 15) is 32.8 Å². The molecule has 1 heterocycles. The fraction of sp³-hybridized carbons (Fsp3) is 0.143. The van der Waals surface area contributed by atoms with Crippen LogP contribution < -0.4 is 16.6 Å². The van der Waals surface area contributed by atoms with Crippen LogP contribution in [0.3, 0.4) is 0 Å². The van der Waals surface area contributed by atoms with Gasteiger partial charge in [-0.3, -0.25) is 18.7 Å². The van der Waals surface area contributed by atoms with Gasteiger partial charge in [-0.15, -0.1) is 11.8 Å². The summed E-state index contributed by atoms with van der Waals surface area (Å²) in [5.74, 6) is -1.35. The predicted molar refractivity (Wildman–Crippen MR) is 146 cm³/mol. The topological polar surface area (TPSA) is 106 Å². The first-order valence-electron chi connectivity index (χ1n) is 11.8. The third-order valence-electron chi connectivity index (χ3n) is 6.03. The standard InChI is InChI=1S/C28H23F3N4O4S/c1-17-3-5-18(6-4-17)23-15-25(36)34(27(38)35(23)21-11-13-22(40-2)14-12-21)16-24(33-39)32-26(37)19-7-9-20(10-8-19)28(29,30)31/h3-15,39H,16H2,1-2H3,(H,32,33,37). The van der Waals surface area contributed by atoms with E-state index in [-0.39, 0.29) is 5.56 Å². The molecule has 1 aromatic heterocycles. The summed E-state index contributed by atoms with van der Waals surface area (Å²) < 4.78 is 40.6. The monoisotopic (exact) mass is 568 g/mol. The number of amides is 1. The largest absolute Gasteiger partial charge is 0.416 e. The fourth-order valence-electron chi connectivity index (χ4n) is 3.90. The van der Waals surface area contributed by atoms with Gasteiger partial charge < -0.3 is 10.5 Å². The molecule has 0 fully saturated rings. The maximum Gasteiger partial charge on any atom is 0.416 e. The summed E-state index contributed by atoms with van der Waals surface area (Å²) in [7, 11) is 0. The molecule has 0 spiro atoms. The highest BCUT2D eigenvalue weighted by molar-refractivity contribution is 7.98. The minimum Gasteiger partial charge on any atom is -0.409 e. The molecule has 0 aliphatic heterocycles. The van der Waals surface area contributed by atoms with Gasteiger partial charge in [-0.2, -0.15) is 13.2 Å². The number of aryl methyl sites for hydroxylation is 1. The molecular weight excluding hydrogens is 545 g/mol. The first-order chi connectivity index (χ1) is 19.0. The highest BCUT2D eigenvalue weighted by Crippen LogP contribution is 2.29. The van der Waals surface area contributed by atoms with E-state index in [1.165, 1.54) is 22.4 Å². The van der Waals surface area contributed by atoms with Gasteiger partial charge in [0.1, 0.15) is 0 Å². The Kier molecular flexibility index (Phi) is 8.29. The van der Waals surface area contributed by atoms with E-state index in [2.05, 4.69) is 10.5 Å². The van der Waals surface area contributed by atoms with Crippen LogP contribution in [0.25, 0.3) is 16.9 Å². The van der Waals surface area contributed by atoms with E-state index in [0.717, 1.165) is 39.3 Å². The number of carbonyl (C=O) groups excluding carboxylic acids is 1. The quantitative estimate of drug-likeness (QED) is 0.113. The third-order valence-corrected chi connectivity index (χ3v) is 6.77. The lowest BCUT2D eigenvalue weighted by Gasteiger charge is -2.17. The maximum absolute atomic E-state index is 13.7. The molecule has 206 valence electrons. The molecule has 0 atom stereocenters. The van der Waals surface area contributed by atoms with E-state index < -0.39 is 41.3 Å². The van der Waals surface area contributed by atoms with Crippen molar-refractivity contribution in [3.8, 4) is 16.9 Å². The number of oxime groups is 1. The number of nitrogens with one attached hydrogen (secondary N) is 1. The average Bonchev–Trinajstić information content (AvgIpc) is 2.94. The zero-order chi connectivity index (χ0) is 29.0. The third kappa shape index (κ3) is 6.18. The number of rotatable bonds is 6. The second-order valence-electron chi connectivity index (χ2n) is 8.71. The molecule has 12 heteroatoms. The smallest absolute Gasteiger partial charge is 0.409 e. The van der Waals surface area contributed by atoms with Crippen LogP contribution in [0.15, 0.2) is 98.5 Å². The number of hydrogen-bond acceptors (Lipinski definition) is 6. The van der Waals surface area contributed by atoms with Gasteiger partial charge in [-0.05, 0) is 67.3 Å².